The molecule has 1 unspecified atom stereocenters. The summed E-state index contributed by atoms with van der Waals surface area (Å²) in [6, 6.07) is 0. The minimum Gasteiger partial charge on any atom is -0.371 e. The van der Waals surface area contributed by atoms with Crippen LogP contribution in [0.3, 0.4) is 0 Å². The first-order valence-electron chi connectivity index (χ1n) is 7.45. The lowest BCUT2D eigenvalue weighted by atomic mass is 10.1. The number of hydrogen-bond donors (Lipinski definition) is 1. The molecule has 0 fully saturated rings. The van der Waals surface area contributed by atoms with Crippen molar-refractivity contribution >= 4 is 11.3 Å². The Hall–Kier alpha value is -0.450. The highest BCUT2D eigenvalue weighted by Gasteiger charge is 2.19. The van der Waals surface area contributed by atoms with Gasteiger partial charge in [-0.3, -0.25) is 0 Å². The number of rotatable bonds is 9. The first kappa shape index (κ1) is 16.6. The van der Waals surface area contributed by atoms with Crippen LogP contribution in [0.25, 0.3) is 0 Å². The van der Waals surface area contributed by atoms with Crippen molar-refractivity contribution in [2.45, 2.75) is 66.0 Å². The Morgan fingerprint density at radius 2 is 2.00 bits per heavy atom. The van der Waals surface area contributed by atoms with Gasteiger partial charge < -0.3 is 10.1 Å². The number of hydrogen-bond acceptors (Lipinski definition) is 4. The van der Waals surface area contributed by atoms with Gasteiger partial charge in [0.2, 0.25) is 0 Å². The highest BCUT2D eigenvalue weighted by atomic mass is 32.1. The van der Waals surface area contributed by atoms with Crippen molar-refractivity contribution in [2.24, 2.45) is 0 Å². The maximum Gasteiger partial charge on any atom is 0.122 e. The number of thiazole rings is 1. The second-order valence-electron chi connectivity index (χ2n) is 5.04. The molecule has 1 aromatic rings. The van der Waals surface area contributed by atoms with Crippen molar-refractivity contribution in [2.75, 3.05) is 13.2 Å². The van der Waals surface area contributed by atoms with E-state index in [-0.39, 0.29) is 6.10 Å². The second kappa shape index (κ2) is 8.67. The molecule has 0 radical (unpaired) electrons. The predicted molar refractivity (Wildman–Crippen MR) is 82.9 cm³/mol. The summed E-state index contributed by atoms with van der Waals surface area (Å²) in [5.41, 5.74) is 1.24. The molecule has 0 amide bonds. The number of nitrogens with one attached hydrogen (secondary N) is 1. The van der Waals surface area contributed by atoms with Gasteiger partial charge in [0.15, 0.2) is 0 Å². The van der Waals surface area contributed by atoms with E-state index < -0.39 is 0 Å². The minimum atomic E-state index is 0.160. The molecule has 4 heteroatoms. The summed E-state index contributed by atoms with van der Waals surface area (Å²) >= 11 is 1.81. The lowest BCUT2D eigenvalue weighted by Gasteiger charge is -2.11. The number of aromatic nitrogens is 1. The molecule has 0 spiro atoms. The smallest absolute Gasteiger partial charge is 0.122 e. The Morgan fingerprint density at radius 3 is 2.53 bits per heavy atom. The first-order chi connectivity index (χ1) is 9.13. The molecular weight excluding hydrogens is 256 g/mol. The Bertz CT molecular complexity index is 363. The van der Waals surface area contributed by atoms with Crippen LogP contribution in [0.1, 0.15) is 75.1 Å². The predicted octanol–water partition coefficient (Wildman–Crippen LogP) is 4.25. The Morgan fingerprint density at radius 1 is 1.26 bits per heavy atom. The fraction of sp³-hybridized carbons (Fsp3) is 0.800. The van der Waals surface area contributed by atoms with Gasteiger partial charge in [-0.15, -0.1) is 11.3 Å². The summed E-state index contributed by atoms with van der Waals surface area (Å²) in [7, 11) is 0. The van der Waals surface area contributed by atoms with Gasteiger partial charge >= 0.3 is 0 Å². The molecule has 110 valence electrons. The summed E-state index contributed by atoms with van der Waals surface area (Å²) < 4.78 is 5.78. The molecule has 0 saturated carbocycles. The standard InChI is InChI=1S/C15H28N2OS/c1-6-9-16-10-13-14(11(4)5)17-15(19-13)12(7-2)18-8-3/h11-12,16H,6-10H2,1-5H3. The van der Waals surface area contributed by atoms with Gasteiger partial charge in [-0.2, -0.15) is 0 Å². The Kier molecular flexibility index (Phi) is 7.57. The molecule has 3 nitrogen and oxygen atoms in total. The van der Waals surface area contributed by atoms with E-state index in [0.717, 1.165) is 31.1 Å². The molecule has 0 aliphatic heterocycles. The molecule has 0 aliphatic rings. The van der Waals surface area contributed by atoms with Gasteiger partial charge in [0.05, 0.1) is 5.69 Å². The van der Waals surface area contributed by atoms with E-state index >= 15 is 0 Å². The van der Waals surface area contributed by atoms with E-state index in [4.69, 9.17) is 9.72 Å². The van der Waals surface area contributed by atoms with E-state index in [2.05, 4.69) is 33.0 Å². The minimum absolute atomic E-state index is 0.160. The van der Waals surface area contributed by atoms with Gasteiger partial charge in [0, 0.05) is 18.0 Å². The van der Waals surface area contributed by atoms with Crippen LogP contribution < -0.4 is 5.32 Å². The number of ether oxygens (including phenoxy) is 1. The summed E-state index contributed by atoms with van der Waals surface area (Å²) in [5.74, 6) is 0.475. The monoisotopic (exact) mass is 284 g/mol. The van der Waals surface area contributed by atoms with Crippen LogP contribution in [0.2, 0.25) is 0 Å². The fourth-order valence-electron chi connectivity index (χ4n) is 2.04. The van der Waals surface area contributed by atoms with Crippen LogP contribution in [0.5, 0.6) is 0 Å². The third-order valence-electron chi connectivity index (χ3n) is 3.02. The van der Waals surface area contributed by atoms with Crippen molar-refractivity contribution in [3.8, 4) is 0 Å². The highest BCUT2D eigenvalue weighted by molar-refractivity contribution is 7.11. The molecule has 1 aromatic heterocycles. The largest absolute Gasteiger partial charge is 0.371 e. The molecule has 0 saturated heterocycles. The van der Waals surface area contributed by atoms with Crippen molar-refractivity contribution in [1.29, 1.82) is 0 Å². The van der Waals surface area contributed by atoms with E-state index in [1.54, 1.807) is 0 Å². The normalized spacial score (nSPS) is 13.2. The summed E-state index contributed by atoms with van der Waals surface area (Å²) in [4.78, 5) is 6.20. The van der Waals surface area contributed by atoms with Gasteiger partial charge in [0.25, 0.3) is 0 Å². The van der Waals surface area contributed by atoms with Gasteiger partial charge in [-0.1, -0.05) is 27.7 Å². The quantitative estimate of drug-likeness (QED) is 0.688. The van der Waals surface area contributed by atoms with Gasteiger partial charge in [0.1, 0.15) is 11.1 Å². The third-order valence-corrected chi connectivity index (χ3v) is 4.18. The maximum atomic E-state index is 5.78. The maximum absolute atomic E-state index is 5.78. The van der Waals surface area contributed by atoms with E-state index in [0.29, 0.717) is 5.92 Å². The molecule has 1 N–H and O–H groups in total. The molecule has 0 aromatic carbocycles. The topological polar surface area (TPSA) is 34.1 Å². The second-order valence-corrected chi connectivity index (χ2v) is 6.16. The zero-order chi connectivity index (χ0) is 14.3. The molecule has 1 atom stereocenters. The van der Waals surface area contributed by atoms with Crippen molar-refractivity contribution < 1.29 is 4.74 Å². The zero-order valence-corrected chi connectivity index (χ0v) is 13.8. The zero-order valence-electron chi connectivity index (χ0n) is 13.0. The van der Waals surface area contributed by atoms with Crippen molar-refractivity contribution in [1.82, 2.24) is 10.3 Å². The van der Waals surface area contributed by atoms with E-state index in [9.17, 15) is 0 Å². The van der Waals surface area contributed by atoms with E-state index in [1.165, 1.54) is 17.0 Å². The average Bonchev–Trinajstić information content (AvgIpc) is 2.80. The molecule has 1 heterocycles. The molecule has 0 aliphatic carbocycles. The Balaban J connectivity index is 2.86. The van der Waals surface area contributed by atoms with Gasteiger partial charge in [-0.25, -0.2) is 4.98 Å². The van der Waals surface area contributed by atoms with Crippen LogP contribution in [-0.2, 0) is 11.3 Å². The van der Waals surface area contributed by atoms with Gasteiger partial charge in [-0.05, 0) is 32.2 Å². The molecule has 1 rings (SSSR count). The van der Waals surface area contributed by atoms with Crippen LogP contribution in [0, 0.1) is 0 Å². The molecule has 0 bridgehead atoms. The summed E-state index contributed by atoms with van der Waals surface area (Å²) in [6.45, 7) is 13.6. The number of nitrogens with zero attached hydrogens (tertiary/aromatic N) is 1. The van der Waals surface area contributed by atoms with Crippen LogP contribution >= 0.6 is 11.3 Å². The van der Waals surface area contributed by atoms with E-state index in [1.807, 2.05) is 18.3 Å². The summed E-state index contributed by atoms with van der Waals surface area (Å²) in [5, 5.41) is 4.62. The Labute approximate surface area is 121 Å². The lowest BCUT2D eigenvalue weighted by molar-refractivity contribution is 0.0595. The van der Waals surface area contributed by atoms with Crippen LogP contribution in [0.15, 0.2) is 0 Å². The lowest BCUT2D eigenvalue weighted by Crippen LogP contribution is -2.14. The third kappa shape index (κ3) is 4.86. The van der Waals surface area contributed by atoms with Crippen molar-refractivity contribution in [3.05, 3.63) is 15.6 Å². The SMILES string of the molecule is CCCNCc1sc(C(CC)OCC)nc1C(C)C. The van der Waals surface area contributed by atoms with Crippen molar-refractivity contribution in [3.63, 3.8) is 0 Å². The highest BCUT2D eigenvalue weighted by Crippen LogP contribution is 2.31. The first-order valence-corrected chi connectivity index (χ1v) is 8.27. The van der Waals surface area contributed by atoms with Crippen LogP contribution in [0.4, 0.5) is 0 Å². The fourth-order valence-corrected chi connectivity index (χ4v) is 3.36. The summed E-state index contributed by atoms with van der Waals surface area (Å²) in [6.07, 6.45) is 2.31. The molecule has 19 heavy (non-hydrogen) atoms. The average molecular weight is 284 g/mol. The van der Waals surface area contributed by atoms with Crippen LogP contribution in [-0.4, -0.2) is 18.1 Å². The molecular formula is C15H28N2OS.